The minimum absolute atomic E-state index is 0.546. The van der Waals surface area contributed by atoms with Gasteiger partial charge in [0.2, 0.25) is 0 Å². The molecule has 18 heavy (non-hydrogen) atoms. The lowest BCUT2D eigenvalue weighted by Crippen LogP contribution is -2.01. The van der Waals surface area contributed by atoms with Crippen LogP contribution in [0.3, 0.4) is 0 Å². The van der Waals surface area contributed by atoms with Crippen LogP contribution in [0.1, 0.15) is 24.3 Å². The van der Waals surface area contributed by atoms with Gasteiger partial charge in [-0.2, -0.15) is 0 Å². The fourth-order valence-corrected chi connectivity index (χ4v) is 1.77. The first-order valence-electron chi connectivity index (χ1n) is 5.78. The lowest BCUT2D eigenvalue weighted by Gasteiger charge is -2.09. The molecule has 0 aliphatic heterocycles. The predicted octanol–water partition coefficient (Wildman–Crippen LogP) is 2.51. The van der Waals surface area contributed by atoms with Gasteiger partial charge in [-0.15, -0.1) is 0 Å². The Bertz CT molecular complexity index is 536. The van der Waals surface area contributed by atoms with E-state index in [-0.39, 0.29) is 0 Å². The Morgan fingerprint density at radius 2 is 1.89 bits per heavy atom. The third kappa shape index (κ3) is 2.49. The van der Waals surface area contributed by atoms with E-state index in [0.717, 1.165) is 22.6 Å². The Kier molecular flexibility index (Phi) is 3.58. The minimum atomic E-state index is -0.546. The molecule has 0 fully saturated rings. The summed E-state index contributed by atoms with van der Waals surface area (Å²) in [5.41, 5.74) is 2.48. The normalized spacial score (nSPS) is 12.2. The number of aliphatic hydroxyl groups is 1. The molecule has 0 saturated carbocycles. The summed E-state index contributed by atoms with van der Waals surface area (Å²) in [7, 11) is 1.63. The molecule has 2 aromatic rings. The van der Waals surface area contributed by atoms with Gasteiger partial charge in [-0.05, 0) is 38.1 Å². The Balaban J connectivity index is 2.36. The van der Waals surface area contributed by atoms with Crippen LogP contribution in [-0.4, -0.2) is 22.2 Å². The summed E-state index contributed by atoms with van der Waals surface area (Å²) < 4.78 is 5.11. The van der Waals surface area contributed by atoms with Crippen LogP contribution in [0.5, 0.6) is 5.75 Å². The molecule has 2 rings (SSSR count). The predicted molar refractivity (Wildman–Crippen MR) is 69.4 cm³/mol. The standard InChI is InChI=1S/C14H16N2O2/c1-9-13(10(2)17)8-15-14(16-9)11-4-6-12(18-3)7-5-11/h4-8,10,17H,1-3H3/t10-/m0/s1. The Hall–Kier alpha value is -1.94. The second-order valence-electron chi connectivity index (χ2n) is 4.14. The zero-order chi connectivity index (χ0) is 13.1. The van der Waals surface area contributed by atoms with Gasteiger partial charge in [0, 0.05) is 23.0 Å². The van der Waals surface area contributed by atoms with Crippen molar-refractivity contribution in [3.63, 3.8) is 0 Å². The molecule has 0 amide bonds. The highest BCUT2D eigenvalue weighted by Crippen LogP contribution is 2.21. The van der Waals surface area contributed by atoms with E-state index in [4.69, 9.17) is 4.74 Å². The van der Waals surface area contributed by atoms with Crippen molar-refractivity contribution >= 4 is 0 Å². The lowest BCUT2D eigenvalue weighted by molar-refractivity contribution is 0.197. The van der Waals surface area contributed by atoms with Crippen molar-refractivity contribution in [2.24, 2.45) is 0 Å². The summed E-state index contributed by atoms with van der Waals surface area (Å²) in [6.07, 6.45) is 1.13. The first-order chi connectivity index (χ1) is 8.61. The van der Waals surface area contributed by atoms with Crippen molar-refractivity contribution in [2.45, 2.75) is 20.0 Å². The smallest absolute Gasteiger partial charge is 0.159 e. The van der Waals surface area contributed by atoms with Crippen LogP contribution in [0.2, 0.25) is 0 Å². The van der Waals surface area contributed by atoms with E-state index in [9.17, 15) is 5.11 Å². The van der Waals surface area contributed by atoms with E-state index in [2.05, 4.69) is 9.97 Å². The Morgan fingerprint density at radius 3 is 2.39 bits per heavy atom. The molecule has 0 spiro atoms. The number of ether oxygens (including phenoxy) is 1. The summed E-state index contributed by atoms with van der Waals surface area (Å²) >= 11 is 0. The maximum Gasteiger partial charge on any atom is 0.159 e. The molecule has 0 unspecified atom stereocenters. The van der Waals surface area contributed by atoms with Gasteiger partial charge in [0.15, 0.2) is 5.82 Å². The Morgan fingerprint density at radius 1 is 1.22 bits per heavy atom. The molecule has 94 valence electrons. The van der Waals surface area contributed by atoms with Gasteiger partial charge in [-0.3, -0.25) is 0 Å². The maximum absolute atomic E-state index is 9.54. The van der Waals surface area contributed by atoms with E-state index in [0.29, 0.717) is 5.82 Å². The van der Waals surface area contributed by atoms with Gasteiger partial charge >= 0.3 is 0 Å². The van der Waals surface area contributed by atoms with E-state index in [1.165, 1.54) is 0 Å². The van der Waals surface area contributed by atoms with Crippen molar-refractivity contribution in [2.75, 3.05) is 7.11 Å². The zero-order valence-electron chi connectivity index (χ0n) is 10.7. The summed E-state index contributed by atoms with van der Waals surface area (Å²) in [6.45, 7) is 3.58. The largest absolute Gasteiger partial charge is 0.497 e. The van der Waals surface area contributed by atoms with E-state index in [1.54, 1.807) is 20.2 Å². The first kappa shape index (κ1) is 12.5. The highest BCUT2D eigenvalue weighted by atomic mass is 16.5. The highest BCUT2D eigenvalue weighted by Gasteiger charge is 2.09. The van der Waals surface area contributed by atoms with Crippen molar-refractivity contribution < 1.29 is 9.84 Å². The maximum atomic E-state index is 9.54. The number of hydrogen-bond donors (Lipinski definition) is 1. The SMILES string of the molecule is COc1ccc(-c2ncc([C@H](C)O)c(C)n2)cc1. The van der Waals surface area contributed by atoms with Crippen molar-refractivity contribution in [1.82, 2.24) is 9.97 Å². The summed E-state index contributed by atoms with van der Waals surface area (Å²) in [6, 6.07) is 7.57. The van der Waals surface area contributed by atoms with Gasteiger partial charge in [-0.25, -0.2) is 9.97 Å². The van der Waals surface area contributed by atoms with Crippen LogP contribution in [-0.2, 0) is 0 Å². The number of aliphatic hydroxyl groups excluding tert-OH is 1. The lowest BCUT2D eigenvalue weighted by atomic mass is 10.1. The molecule has 0 radical (unpaired) electrons. The number of methoxy groups -OCH3 is 1. The summed E-state index contributed by atoms with van der Waals surface area (Å²) in [5, 5.41) is 9.54. The number of hydrogen-bond acceptors (Lipinski definition) is 4. The summed E-state index contributed by atoms with van der Waals surface area (Å²) in [5.74, 6) is 1.45. The quantitative estimate of drug-likeness (QED) is 0.901. The average Bonchev–Trinajstić information content (AvgIpc) is 2.38. The molecular weight excluding hydrogens is 228 g/mol. The number of aromatic nitrogens is 2. The number of rotatable bonds is 3. The van der Waals surface area contributed by atoms with Crippen LogP contribution in [0.4, 0.5) is 0 Å². The first-order valence-corrected chi connectivity index (χ1v) is 5.78. The topological polar surface area (TPSA) is 55.2 Å². The van der Waals surface area contributed by atoms with Crippen molar-refractivity contribution in [1.29, 1.82) is 0 Å². The van der Waals surface area contributed by atoms with Crippen LogP contribution in [0.25, 0.3) is 11.4 Å². The second-order valence-corrected chi connectivity index (χ2v) is 4.14. The Labute approximate surface area is 106 Å². The second kappa shape index (κ2) is 5.14. The molecule has 1 aromatic carbocycles. The van der Waals surface area contributed by atoms with Crippen LogP contribution in [0.15, 0.2) is 30.5 Å². The third-order valence-corrected chi connectivity index (χ3v) is 2.82. The fourth-order valence-electron chi connectivity index (χ4n) is 1.77. The molecule has 0 aliphatic rings. The molecule has 4 nitrogen and oxygen atoms in total. The molecule has 0 bridgehead atoms. The van der Waals surface area contributed by atoms with Gasteiger partial charge in [0.05, 0.1) is 13.2 Å². The van der Waals surface area contributed by atoms with Crippen molar-refractivity contribution in [3.05, 3.63) is 41.7 Å². The molecular formula is C14H16N2O2. The highest BCUT2D eigenvalue weighted by molar-refractivity contribution is 5.56. The van der Waals surface area contributed by atoms with Crippen LogP contribution >= 0.6 is 0 Å². The van der Waals surface area contributed by atoms with Crippen LogP contribution < -0.4 is 4.74 Å². The molecule has 1 atom stereocenters. The van der Waals surface area contributed by atoms with E-state index < -0.39 is 6.10 Å². The molecule has 4 heteroatoms. The zero-order valence-corrected chi connectivity index (χ0v) is 10.7. The molecule has 0 aliphatic carbocycles. The van der Waals surface area contributed by atoms with Gasteiger partial charge in [-0.1, -0.05) is 0 Å². The number of nitrogens with zero attached hydrogens (tertiary/aromatic N) is 2. The van der Waals surface area contributed by atoms with Crippen LogP contribution in [0, 0.1) is 6.92 Å². The summed E-state index contributed by atoms with van der Waals surface area (Å²) in [4.78, 5) is 8.68. The molecule has 1 N–H and O–H groups in total. The monoisotopic (exact) mass is 244 g/mol. The number of benzene rings is 1. The van der Waals surface area contributed by atoms with E-state index >= 15 is 0 Å². The number of aryl methyl sites for hydroxylation is 1. The van der Waals surface area contributed by atoms with E-state index in [1.807, 2.05) is 31.2 Å². The fraction of sp³-hybridized carbons (Fsp3) is 0.286. The third-order valence-electron chi connectivity index (χ3n) is 2.82. The molecule has 1 aromatic heterocycles. The van der Waals surface area contributed by atoms with Crippen molar-refractivity contribution in [3.8, 4) is 17.1 Å². The molecule has 0 saturated heterocycles. The van der Waals surface area contributed by atoms with Gasteiger partial charge in [0.25, 0.3) is 0 Å². The molecule has 1 heterocycles. The van der Waals surface area contributed by atoms with Gasteiger partial charge < -0.3 is 9.84 Å². The van der Waals surface area contributed by atoms with Gasteiger partial charge in [0.1, 0.15) is 5.75 Å². The average molecular weight is 244 g/mol. The minimum Gasteiger partial charge on any atom is -0.497 e.